The Morgan fingerprint density at radius 2 is 1.50 bits per heavy atom. The molecule has 0 N–H and O–H groups in total. The van der Waals surface area contributed by atoms with Crippen LogP contribution in [0.4, 0.5) is 0 Å². The van der Waals surface area contributed by atoms with Crippen LogP contribution in [0.3, 0.4) is 0 Å². The number of likely N-dealkylation sites (tertiary alicyclic amines) is 2. The van der Waals surface area contributed by atoms with Gasteiger partial charge in [-0.05, 0) is 77.7 Å². The van der Waals surface area contributed by atoms with Crippen LogP contribution in [-0.4, -0.2) is 98.8 Å². The number of aromatic nitrogens is 2. The number of hydrogen-bond donors (Lipinski definition) is 0. The molecule has 226 valence electrons. The molecule has 6 rings (SSSR count). The number of carbonyl (C=O) groups is 2. The number of piperazine rings is 1. The first-order chi connectivity index (χ1) is 20.2. The lowest BCUT2D eigenvalue weighted by atomic mass is 9.82. The quantitative estimate of drug-likeness (QED) is 0.508. The highest BCUT2D eigenvalue weighted by Crippen LogP contribution is 2.40. The third-order valence-corrected chi connectivity index (χ3v) is 10.7. The van der Waals surface area contributed by atoms with Crippen LogP contribution in [0.1, 0.15) is 85.7 Å². The van der Waals surface area contributed by atoms with E-state index in [2.05, 4.69) is 68.8 Å². The van der Waals surface area contributed by atoms with Gasteiger partial charge in [0, 0.05) is 69.4 Å². The molecule has 0 unspecified atom stereocenters. The molecular formula is C34H48N6O2. The normalized spacial score (nSPS) is 24.9. The number of nitrogens with zero attached hydrogens (tertiary/aromatic N) is 6. The van der Waals surface area contributed by atoms with Crippen LogP contribution in [0.2, 0.25) is 0 Å². The third-order valence-electron chi connectivity index (χ3n) is 10.7. The highest BCUT2D eigenvalue weighted by Gasteiger charge is 2.43. The Hall–Kier alpha value is -2.84. The van der Waals surface area contributed by atoms with Crippen molar-refractivity contribution in [3.8, 4) is 0 Å². The second kappa shape index (κ2) is 12.0. The molecule has 1 aromatic carbocycles. The molecule has 2 amide bonds. The van der Waals surface area contributed by atoms with E-state index in [-0.39, 0.29) is 11.4 Å². The summed E-state index contributed by atoms with van der Waals surface area (Å²) in [6.45, 7) is 15.1. The summed E-state index contributed by atoms with van der Waals surface area (Å²) in [5.41, 5.74) is 3.69. The average Bonchev–Trinajstić information content (AvgIpc) is 3.85. The topological polar surface area (TPSA) is 72.9 Å². The van der Waals surface area contributed by atoms with Gasteiger partial charge in [0.2, 0.25) is 5.91 Å². The Morgan fingerprint density at radius 1 is 0.857 bits per heavy atom. The summed E-state index contributed by atoms with van der Waals surface area (Å²) in [5.74, 6) is 1.34. The first-order valence-corrected chi connectivity index (χ1v) is 16.2. The highest BCUT2D eigenvalue weighted by molar-refractivity contribution is 5.96. The van der Waals surface area contributed by atoms with Crippen molar-refractivity contribution >= 4 is 11.8 Å². The summed E-state index contributed by atoms with van der Waals surface area (Å²) in [6.07, 6.45) is 7.83. The van der Waals surface area contributed by atoms with E-state index in [0.29, 0.717) is 35.4 Å². The standard InChI is InChI=1S/C34H48N6O2/c1-24-22-39(34(4)14-18-38(19-15-34)33(42)30-25(2)35-23-36-26(30)3)20-21-40(24)31(27-8-6-5-7-9-27)28-12-16-37(17-13-28)32(41)29-10-11-29/h5-9,23-24,28-29,31H,10-22H2,1-4H3/t24-,31+/m0/s1. The summed E-state index contributed by atoms with van der Waals surface area (Å²) in [5, 5.41) is 0. The van der Waals surface area contributed by atoms with E-state index in [4.69, 9.17) is 0 Å². The molecule has 3 aliphatic heterocycles. The lowest BCUT2D eigenvalue weighted by Crippen LogP contribution is -2.63. The van der Waals surface area contributed by atoms with Gasteiger partial charge in [0.05, 0.1) is 17.0 Å². The second-order valence-corrected chi connectivity index (χ2v) is 13.5. The van der Waals surface area contributed by atoms with Crippen LogP contribution in [0.5, 0.6) is 0 Å². The fraction of sp³-hybridized carbons (Fsp3) is 0.647. The molecule has 42 heavy (non-hydrogen) atoms. The van der Waals surface area contributed by atoms with E-state index < -0.39 is 0 Å². The first kappa shape index (κ1) is 29.2. The lowest BCUT2D eigenvalue weighted by molar-refractivity contribution is -0.134. The predicted molar refractivity (Wildman–Crippen MR) is 164 cm³/mol. The van der Waals surface area contributed by atoms with Crippen LogP contribution in [0.25, 0.3) is 0 Å². The molecule has 1 saturated carbocycles. The van der Waals surface area contributed by atoms with Crippen molar-refractivity contribution in [1.82, 2.24) is 29.6 Å². The number of hydrogen-bond acceptors (Lipinski definition) is 6. The summed E-state index contributed by atoms with van der Waals surface area (Å²) < 4.78 is 0. The van der Waals surface area contributed by atoms with E-state index >= 15 is 0 Å². The fourth-order valence-electron chi connectivity index (χ4n) is 7.85. The van der Waals surface area contributed by atoms with Gasteiger partial charge in [-0.15, -0.1) is 0 Å². The zero-order chi connectivity index (χ0) is 29.4. The smallest absolute Gasteiger partial charge is 0.257 e. The van der Waals surface area contributed by atoms with Gasteiger partial charge in [0.15, 0.2) is 0 Å². The Labute approximate surface area is 251 Å². The molecule has 0 bridgehead atoms. The zero-order valence-corrected chi connectivity index (χ0v) is 26.0. The second-order valence-electron chi connectivity index (χ2n) is 13.5. The molecule has 8 nitrogen and oxygen atoms in total. The molecule has 4 fully saturated rings. The molecule has 3 saturated heterocycles. The molecule has 2 atom stereocenters. The van der Waals surface area contributed by atoms with Crippen LogP contribution in [0.15, 0.2) is 36.7 Å². The van der Waals surface area contributed by atoms with Crippen LogP contribution in [-0.2, 0) is 4.79 Å². The minimum atomic E-state index is 0.0708. The van der Waals surface area contributed by atoms with E-state index in [0.717, 1.165) is 95.7 Å². The number of carbonyl (C=O) groups excluding carboxylic acids is 2. The number of amides is 2. The Balaban J connectivity index is 1.10. The predicted octanol–water partition coefficient (Wildman–Crippen LogP) is 4.48. The third kappa shape index (κ3) is 5.85. The molecule has 4 aliphatic rings. The average molecular weight is 573 g/mol. The van der Waals surface area contributed by atoms with Crippen molar-refractivity contribution in [1.29, 1.82) is 0 Å². The minimum Gasteiger partial charge on any atom is -0.342 e. The maximum absolute atomic E-state index is 13.4. The van der Waals surface area contributed by atoms with E-state index in [1.165, 1.54) is 11.9 Å². The minimum absolute atomic E-state index is 0.0708. The summed E-state index contributed by atoms with van der Waals surface area (Å²) in [4.78, 5) is 44.3. The van der Waals surface area contributed by atoms with E-state index in [9.17, 15) is 9.59 Å². The van der Waals surface area contributed by atoms with Gasteiger partial charge >= 0.3 is 0 Å². The number of piperidine rings is 2. The van der Waals surface area contributed by atoms with E-state index in [1.54, 1.807) is 0 Å². The Kier molecular flexibility index (Phi) is 8.38. The van der Waals surface area contributed by atoms with Crippen LogP contribution >= 0.6 is 0 Å². The maximum Gasteiger partial charge on any atom is 0.257 e. The molecule has 8 heteroatoms. The number of benzene rings is 1. The van der Waals surface area contributed by atoms with Crippen LogP contribution < -0.4 is 0 Å². The SMILES string of the molecule is Cc1ncnc(C)c1C(=O)N1CCC(C)(N2CCN([C@H](c3ccccc3)C3CCN(C(=O)C4CC4)CC3)[C@@H](C)C2)CC1. The monoisotopic (exact) mass is 572 g/mol. The Bertz CT molecular complexity index is 1240. The molecule has 1 aliphatic carbocycles. The fourth-order valence-corrected chi connectivity index (χ4v) is 7.85. The van der Waals surface area contributed by atoms with Gasteiger partial charge in [-0.25, -0.2) is 9.97 Å². The number of aryl methyl sites for hydroxylation is 2. The summed E-state index contributed by atoms with van der Waals surface area (Å²) in [7, 11) is 0. The van der Waals surface area contributed by atoms with Crippen molar-refractivity contribution in [2.45, 2.75) is 83.8 Å². The molecule has 2 aromatic rings. The molecule has 0 spiro atoms. The van der Waals surface area contributed by atoms with Crippen molar-refractivity contribution in [3.05, 3.63) is 59.2 Å². The van der Waals surface area contributed by atoms with Gasteiger partial charge in [0.1, 0.15) is 6.33 Å². The molecule has 4 heterocycles. The van der Waals surface area contributed by atoms with Crippen molar-refractivity contribution in [2.24, 2.45) is 11.8 Å². The highest BCUT2D eigenvalue weighted by atomic mass is 16.2. The maximum atomic E-state index is 13.4. The largest absolute Gasteiger partial charge is 0.342 e. The zero-order valence-electron chi connectivity index (χ0n) is 26.0. The van der Waals surface area contributed by atoms with Crippen molar-refractivity contribution in [2.75, 3.05) is 45.8 Å². The van der Waals surface area contributed by atoms with Gasteiger partial charge in [0.25, 0.3) is 5.91 Å². The van der Waals surface area contributed by atoms with E-state index in [1.807, 2.05) is 18.7 Å². The summed E-state index contributed by atoms with van der Waals surface area (Å²) >= 11 is 0. The van der Waals surface area contributed by atoms with Gasteiger partial charge in [-0.3, -0.25) is 19.4 Å². The first-order valence-electron chi connectivity index (χ1n) is 16.2. The molecule has 0 radical (unpaired) electrons. The van der Waals surface area contributed by atoms with Crippen LogP contribution in [0, 0.1) is 25.7 Å². The van der Waals surface area contributed by atoms with Gasteiger partial charge in [-0.1, -0.05) is 30.3 Å². The van der Waals surface area contributed by atoms with Crippen molar-refractivity contribution in [3.63, 3.8) is 0 Å². The lowest BCUT2D eigenvalue weighted by Gasteiger charge is -2.54. The molecule has 1 aromatic heterocycles. The molecular weight excluding hydrogens is 524 g/mol. The van der Waals surface area contributed by atoms with Gasteiger partial charge < -0.3 is 9.80 Å². The van der Waals surface area contributed by atoms with Crippen molar-refractivity contribution < 1.29 is 9.59 Å². The number of rotatable bonds is 6. The van der Waals surface area contributed by atoms with Gasteiger partial charge in [-0.2, -0.15) is 0 Å². The Morgan fingerprint density at radius 3 is 2.10 bits per heavy atom. The summed E-state index contributed by atoms with van der Waals surface area (Å²) in [6, 6.07) is 11.9.